The molecule has 0 radical (unpaired) electrons. The Morgan fingerprint density at radius 3 is 2.87 bits per heavy atom. The minimum atomic E-state index is -0.0645. The van der Waals surface area contributed by atoms with Gasteiger partial charge in [-0.2, -0.15) is 5.10 Å². The second kappa shape index (κ2) is 5.92. The molecule has 4 rings (SSSR count). The summed E-state index contributed by atoms with van der Waals surface area (Å²) < 4.78 is 1.56. The molecule has 3 aromatic heterocycles. The number of anilines is 1. The molecule has 0 aliphatic carbocycles. The van der Waals surface area contributed by atoms with Crippen molar-refractivity contribution in [1.29, 1.82) is 0 Å². The minimum Gasteiger partial charge on any atom is -0.347 e. The number of hydrogen-bond donors (Lipinski definition) is 0. The van der Waals surface area contributed by atoms with Gasteiger partial charge in [-0.25, -0.2) is 9.67 Å². The van der Waals surface area contributed by atoms with Gasteiger partial charge in [-0.15, -0.1) is 11.3 Å². The fourth-order valence-corrected chi connectivity index (χ4v) is 3.37. The first-order chi connectivity index (χ1) is 11.3. The van der Waals surface area contributed by atoms with E-state index in [1.807, 2.05) is 23.7 Å². The Labute approximate surface area is 137 Å². The molecule has 116 valence electrons. The van der Waals surface area contributed by atoms with Gasteiger partial charge in [0.1, 0.15) is 0 Å². The molecule has 0 aromatic carbocycles. The Balaban J connectivity index is 1.48. The lowest BCUT2D eigenvalue weighted by atomic mass is 10.0. The van der Waals surface area contributed by atoms with E-state index in [0.717, 1.165) is 29.5 Å². The van der Waals surface area contributed by atoms with Crippen molar-refractivity contribution in [2.24, 2.45) is 5.92 Å². The molecule has 3 aromatic rings. The number of aromatic nitrogens is 4. The summed E-state index contributed by atoms with van der Waals surface area (Å²) >= 11 is 1.64. The predicted octanol–water partition coefficient (Wildman–Crippen LogP) is 1.90. The van der Waals surface area contributed by atoms with Crippen LogP contribution in [0.5, 0.6) is 0 Å². The average molecular weight is 325 g/mol. The molecule has 1 aliphatic rings. The summed E-state index contributed by atoms with van der Waals surface area (Å²) in [4.78, 5) is 22.7. The molecule has 0 amide bonds. The van der Waals surface area contributed by atoms with Gasteiger partial charge in [0, 0.05) is 54.6 Å². The van der Waals surface area contributed by atoms with Crippen molar-refractivity contribution in [3.63, 3.8) is 0 Å². The lowest BCUT2D eigenvalue weighted by Crippen LogP contribution is -2.49. The van der Waals surface area contributed by atoms with Gasteiger partial charge in [-0.3, -0.25) is 9.78 Å². The molecule has 0 atom stereocenters. The van der Waals surface area contributed by atoms with Crippen LogP contribution in [0.3, 0.4) is 0 Å². The first-order valence-electron chi connectivity index (χ1n) is 7.42. The monoisotopic (exact) mass is 325 g/mol. The van der Waals surface area contributed by atoms with E-state index in [1.54, 1.807) is 40.5 Å². The zero-order valence-corrected chi connectivity index (χ0v) is 13.2. The third-order valence-corrected chi connectivity index (χ3v) is 4.73. The Kier molecular flexibility index (Phi) is 3.63. The molecule has 0 unspecified atom stereocenters. The molecule has 7 heteroatoms. The molecular weight excluding hydrogens is 310 g/mol. The van der Waals surface area contributed by atoms with Crippen LogP contribution in [0, 0.1) is 5.92 Å². The predicted molar refractivity (Wildman–Crippen MR) is 89.5 cm³/mol. The van der Waals surface area contributed by atoms with Crippen LogP contribution in [0.1, 0.15) is 0 Å². The molecule has 1 fully saturated rings. The van der Waals surface area contributed by atoms with Crippen molar-refractivity contribution >= 4 is 16.5 Å². The summed E-state index contributed by atoms with van der Waals surface area (Å²) in [6.45, 7) is 2.46. The van der Waals surface area contributed by atoms with Crippen LogP contribution < -0.4 is 10.5 Å². The molecule has 0 bridgehead atoms. The third kappa shape index (κ3) is 2.87. The van der Waals surface area contributed by atoms with E-state index >= 15 is 0 Å². The van der Waals surface area contributed by atoms with Crippen molar-refractivity contribution in [2.75, 3.05) is 18.0 Å². The summed E-state index contributed by atoms with van der Waals surface area (Å²) in [5, 5.41) is 7.51. The number of nitrogens with zero attached hydrogens (tertiary/aromatic N) is 5. The van der Waals surface area contributed by atoms with Gasteiger partial charge in [0.05, 0.1) is 12.2 Å². The van der Waals surface area contributed by atoms with Crippen molar-refractivity contribution in [3.05, 3.63) is 58.6 Å². The molecule has 4 heterocycles. The molecule has 6 nitrogen and oxygen atoms in total. The summed E-state index contributed by atoms with van der Waals surface area (Å²) in [6, 6.07) is 7.13. The third-order valence-electron chi connectivity index (χ3n) is 3.90. The van der Waals surface area contributed by atoms with Crippen LogP contribution in [-0.2, 0) is 6.54 Å². The Morgan fingerprint density at radius 1 is 1.22 bits per heavy atom. The molecule has 0 N–H and O–H groups in total. The van der Waals surface area contributed by atoms with Crippen molar-refractivity contribution < 1.29 is 0 Å². The Morgan fingerprint density at radius 2 is 2.13 bits per heavy atom. The number of hydrogen-bond acceptors (Lipinski definition) is 6. The summed E-state index contributed by atoms with van der Waals surface area (Å²) in [5.41, 5.74) is 1.62. The maximum absolute atomic E-state index is 12.0. The van der Waals surface area contributed by atoms with Crippen LogP contribution in [0.2, 0.25) is 0 Å². The van der Waals surface area contributed by atoms with E-state index in [9.17, 15) is 4.79 Å². The summed E-state index contributed by atoms with van der Waals surface area (Å²) in [7, 11) is 0. The van der Waals surface area contributed by atoms with Crippen molar-refractivity contribution in [2.45, 2.75) is 6.54 Å². The van der Waals surface area contributed by atoms with Gasteiger partial charge in [0.25, 0.3) is 5.56 Å². The smallest absolute Gasteiger partial charge is 0.266 e. The Bertz CT molecular complexity index is 840. The highest BCUT2D eigenvalue weighted by Crippen LogP contribution is 2.26. The molecular formula is C16H15N5OS. The number of pyridine rings is 1. The van der Waals surface area contributed by atoms with Crippen LogP contribution >= 0.6 is 11.3 Å². The maximum atomic E-state index is 12.0. The quantitative estimate of drug-likeness (QED) is 0.733. The molecule has 1 aliphatic heterocycles. The standard InChI is InChI=1S/C16H15N5OS/c22-15-4-3-14(13-2-1-5-17-8-13)19-21(15)11-12-9-20(10-12)16-18-6-7-23-16/h1-8,12H,9-11H2. The number of rotatable bonds is 4. The highest BCUT2D eigenvalue weighted by atomic mass is 32.1. The van der Waals surface area contributed by atoms with E-state index in [4.69, 9.17) is 0 Å². The van der Waals surface area contributed by atoms with E-state index in [0.29, 0.717) is 12.5 Å². The second-order valence-corrected chi connectivity index (χ2v) is 6.44. The molecule has 0 saturated carbocycles. The first-order valence-corrected chi connectivity index (χ1v) is 8.30. The van der Waals surface area contributed by atoms with Gasteiger partial charge in [0.2, 0.25) is 0 Å². The second-order valence-electron chi connectivity index (χ2n) is 5.57. The van der Waals surface area contributed by atoms with Crippen LogP contribution in [0.25, 0.3) is 11.3 Å². The average Bonchev–Trinajstić information content (AvgIpc) is 3.07. The minimum absolute atomic E-state index is 0.0645. The van der Waals surface area contributed by atoms with E-state index in [-0.39, 0.29) is 5.56 Å². The number of thiazole rings is 1. The lowest BCUT2D eigenvalue weighted by Gasteiger charge is -2.39. The van der Waals surface area contributed by atoms with Crippen LogP contribution in [-0.4, -0.2) is 32.8 Å². The fourth-order valence-electron chi connectivity index (χ4n) is 2.71. The molecule has 1 saturated heterocycles. The van der Waals surface area contributed by atoms with Crippen molar-refractivity contribution in [1.82, 2.24) is 19.7 Å². The zero-order chi connectivity index (χ0) is 15.6. The van der Waals surface area contributed by atoms with Gasteiger partial charge in [0.15, 0.2) is 5.13 Å². The van der Waals surface area contributed by atoms with E-state index < -0.39 is 0 Å². The van der Waals surface area contributed by atoms with Gasteiger partial charge < -0.3 is 4.90 Å². The molecule has 0 spiro atoms. The van der Waals surface area contributed by atoms with E-state index in [1.165, 1.54) is 0 Å². The van der Waals surface area contributed by atoms with Gasteiger partial charge in [-0.05, 0) is 18.2 Å². The summed E-state index contributed by atoms with van der Waals surface area (Å²) in [6.07, 6.45) is 5.29. The topological polar surface area (TPSA) is 63.9 Å². The SMILES string of the molecule is O=c1ccc(-c2cccnc2)nn1CC1CN(c2nccs2)C1. The normalized spacial score (nSPS) is 14.7. The largest absolute Gasteiger partial charge is 0.347 e. The van der Waals surface area contributed by atoms with Crippen LogP contribution in [0.4, 0.5) is 5.13 Å². The summed E-state index contributed by atoms with van der Waals surface area (Å²) in [5.74, 6) is 0.424. The maximum Gasteiger partial charge on any atom is 0.266 e. The zero-order valence-electron chi connectivity index (χ0n) is 12.4. The lowest BCUT2D eigenvalue weighted by molar-refractivity contribution is 0.335. The highest BCUT2D eigenvalue weighted by Gasteiger charge is 2.29. The fraction of sp³-hybridized carbons (Fsp3) is 0.250. The Hall–Kier alpha value is -2.54. The highest BCUT2D eigenvalue weighted by molar-refractivity contribution is 7.13. The van der Waals surface area contributed by atoms with Gasteiger partial charge in [-0.1, -0.05) is 0 Å². The van der Waals surface area contributed by atoms with Gasteiger partial charge >= 0.3 is 0 Å². The van der Waals surface area contributed by atoms with Crippen molar-refractivity contribution in [3.8, 4) is 11.3 Å². The van der Waals surface area contributed by atoms with E-state index in [2.05, 4.69) is 20.0 Å². The van der Waals surface area contributed by atoms with Crippen LogP contribution in [0.15, 0.2) is 53.0 Å². The first kappa shape index (κ1) is 14.1. The molecule has 23 heavy (non-hydrogen) atoms.